The number of carbonyl (C=O) groups is 2. The Morgan fingerprint density at radius 2 is 1.77 bits per heavy atom. The number of carbonyl (C=O) groups excluding carboxylic acids is 2. The number of ketones is 1. The first-order chi connectivity index (χ1) is 14.5. The normalized spacial score (nSPS) is 11.1. The van der Waals surface area contributed by atoms with Crippen LogP contribution in [-0.2, 0) is 4.79 Å². The minimum atomic E-state index is -0.368. The first kappa shape index (κ1) is 19.7. The van der Waals surface area contributed by atoms with Crippen LogP contribution in [0.15, 0.2) is 78.9 Å². The molecule has 6 heteroatoms. The summed E-state index contributed by atoms with van der Waals surface area (Å²) in [6.45, 7) is 1.49. The summed E-state index contributed by atoms with van der Waals surface area (Å²) in [5.41, 5.74) is 2.53. The van der Waals surface area contributed by atoms with E-state index in [0.717, 1.165) is 10.2 Å². The lowest BCUT2D eigenvalue weighted by Crippen LogP contribution is -2.23. The van der Waals surface area contributed by atoms with E-state index in [9.17, 15) is 14.0 Å². The molecule has 1 aromatic heterocycles. The monoisotopic (exact) mass is 416 g/mol. The van der Waals surface area contributed by atoms with E-state index >= 15 is 0 Å². The summed E-state index contributed by atoms with van der Waals surface area (Å²) in [7, 11) is 0. The number of amides is 1. The number of halogens is 1. The first-order valence-corrected chi connectivity index (χ1v) is 10.1. The molecule has 0 saturated carbocycles. The van der Waals surface area contributed by atoms with Gasteiger partial charge in [0.25, 0.3) is 5.91 Å². The molecule has 3 aromatic carbocycles. The predicted octanol–water partition coefficient (Wildman–Crippen LogP) is 6.02. The van der Waals surface area contributed by atoms with Crippen molar-refractivity contribution in [3.8, 4) is 0 Å². The van der Waals surface area contributed by atoms with Gasteiger partial charge in [0.1, 0.15) is 5.82 Å². The topological polar surface area (TPSA) is 50.3 Å². The molecule has 0 unspecified atom stereocenters. The Morgan fingerprint density at radius 1 is 1.00 bits per heavy atom. The van der Waals surface area contributed by atoms with Crippen molar-refractivity contribution in [2.75, 3.05) is 4.90 Å². The van der Waals surface area contributed by atoms with E-state index in [1.807, 2.05) is 24.3 Å². The van der Waals surface area contributed by atoms with Gasteiger partial charge in [0.2, 0.25) is 0 Å². The number of nitrogens with zero attached hydrogens (tertiary/aromatic N) is 2. The predicted molar refractivity (Wildman–Crippen MR) is 119 cm³/mol. The molecule has 0 aliphatic rings. The summed E-state index contributed by atoms with van der Waals surface area (Å²) < 4.78 is 14.4. The van der Waals surface area contributed by atoms with Gasteiger partial charge >= 0.3 is 0 Å². The lowest BCUT2D eigenvalue weighted by atomic mass is 10.1. The molecule has 0 saturated heterocycles. The number of Topliss-reactive ketones (excluding diaryl/α,β-unsaturated/α-hetero) is 1. The summed E-state index contributed by atoms with van der Waals surface area (Å²) in [5, 5.41) is 0.515. The number of thiazole rings is 1. The fourth-order valence-electron chi connectivity index (χ4n) is 2.99. The summed E-state index contributed by atoms with van der Waals surface area (Å²) >= 11 is 1.40. The summed E-state index contributed by atoms with van der Waals surface area (Å²) in [6.07, 6.45) is 2.95. The van der Waals surface area contributed by atoms with Crippen LogP contribution in [0.1, 0.15) is 22.8 Å². The number of anilines is 2. The minimum absolute atomic E-state index is 0.0505. The van der Waals surface area contributed by atoms with Crippen molar-refractivity contribution in [2.45, 2.75) is 6.92 Å². The van der Waals surface area contributed by atoms with Gasteiger partial charge < -0.3 is 0 Å². The minimum Gasteiger partial charge on any atom is -0.295 e. The van der Waals surface area contributed by atoms with E-state index in [2.05, 4.69) is 4.98 Å². The van der Waals surface area contributed by atoms with Gasteiger partial charge in [-0.25, -0.2) is 9.37 Å². The van der Waals surface area contributed by atoms with Gasteiger partial charge in [0.05, 0.1) is 15.9 Å². The molecule has 4 rings (SSSR count). The van der Waals surface area contributed by atoms with Crippen molar-refractivity contribution in [3.63, 3.8) is 0 Å². The summed E-state index contributed by atoms with van der Waals surface area (Å²) in [5.74, 6) is -0.744. The number of hydrogen-bond donors (Lipinski definition) is 0. The molecule has 148 valence electrons. The lowest BCUT2D eigenvalue weighted by molar-refractivity contribution is -0.113. The average Bonchev–Trinajstić information content (AvgIpc) is 3.16. The van der Waals surface area contributed by atoms with Crippen molar-refractivity contribution in [1.29, 1.82) is 0 Å². The highest BCUT2D eigenvalue weighted by molar-refractivity contribution is 7.22. The molecule has 0 fully saturated rings. The van der Waals surface area contributed by atoms with E-state index < -0.39 is 0 Å². The Kier molecular flexibility index (Phi) is 5.50. The van der Waals surface area contributed by atoms with Crippen molar-refractivity contribution in [3.05, 3.63) is 95.8 Å². The molecule has 30 heavy (non-hydrogen) atoms. The smallest absolute Gasteiger partial charge is 0.257 e. The SMILES string of the molecule is CC(=O)c1ccc(N(C(=O)/C=C/c2cccc(F)c2)c2nc3ccccc3s2)cc1. The van der Waals surface area contributed by atoms with Crippen LogP contribution in [0.25, 0.3) is 16.3 Å². The van der Waals surface area contributed by atoms with E-state index in [-0.39, 0.29) is 17.5 Å². The Labute approximate surface area is 176 Å². The standard InChI is InChI=1S/C24H17FN2O2S/c1-16(28)18-10-12-20(13-11-18)27(24-26-21-7-2-3-8-22(21)30-24)23(29)14-9-17-5-4-6-19(25)15-17/h2-15H,1H3/b14-9+. The molecule has 1 amide bonds. The van der Waals surface area contributed by atoms with Crippen LogP contribution >= 0.6 is 11.3 Å². The van der Waals surface area contributed by atoms with Gasteiger partial charge in [0.15, 0.2) is 10.9 Å². The van der Waals surface area contributed by atoms with Crippen LogP contribution in [0.3, 0.4) is 0 Å². The van der Waals surface area contributed by atoms with Gasteiger partial charge in [0, 0.05) is 11.6 Å². The molecule has 0 radical (unpaired) electrons. The Balaban J connectivity index is 1.74. The van der Waals surface area contributed by atoms with E-state index in [1.165, 1.54) is 41.4 Å². The molecule has 0 spiro atoms. The largest absolute Gasteiger partial charge is 0.295 e. The molecular weight excluding hydrogens is 399 g/mol. The zero-order chi connectivity index (χ0) is 21.1. The molecular formula is C24H17FN2O2S. The maximum atomic E-state index is 13.4. The average molecular weight is 416 g/mol. The van der Waals surface area contributed by atoms with E-state index in [4.69, 9.17) is 0 Å². The lowest BCUT2D eigenvalue weighted by Gasteiger charge is -2.18. The molecule has 0 atom stereocenters. The second kappa shape index (κ2) is 8.39. The van der Waals surface area contributed by atoms with Gasteiger partial charge in [-0.15, -0.1) is 0 Å². The number of fused-ring (bicyclic) bond motifs is 1. The second-order valence-electron chi connectivity index (χ2n) is 6.63. The van der Waals surface area contributed by atoms with Gasteiger partial charge in [-0.05, 0) is 67.1 Å². The second-order valence-corrected chi connectivity index (χ2v) is 7.64. The fourth-order valence-corrected chi connectivity index (χ4v) is 3.98. The highest BCUT2D eigenvalue weighted by Crippen LogP contribution is 2.34. The summed E-state index contributed by atoms with van der Waals surface area (Å²) in [4.78, 5) is 30.8. The van der Waals surface area contributed by atoms with Crippen molar-refractivity contribution in [1.82, 2.24) is 4.98 Å². The molecule has 0 bridgehead atoms. The maximum Gasteiger partial charge on any atom is 0.257 e. The molecule has 0 aliphatic carbocycles. The van der Waals surface area contributed by atoms with Gasteiger partial charge in [-0.3, -0.25) is 14.5 Å². The Bertz CT molecular complexity index is 1230. The third-order valence-electron chi connectivity index (χ3n) is 4.49. The Morgan fingerprint density at radius 3 is 2.47 bits per heavy atom. The highest BCUT2D eigenvalue weighted by atomic mass is 32.1. The van der Waals surface area contributed by atoms with Crippen molar-refractivity contribution >= 4 is 50.1 Å². The summed E-state index contributed by atoms with van der Waals surface area (Å²) in [6, 6.07) is 20.5. The van der Waals surface area contributed by atoms with Crippen LogP contribution in [0, 0.1) is 5.82 Å². The van der Waals surface area contributed by atoms with E-state index in [1.54, 1.807) is 42.5 Å². The first-order valence-electron chi connectivity index (χ1n) is 9.25. The molecule has 0 N–H and O–H groups in total. The number of aromatic nitrogens is 1. The van der Waals surface area contributed by atoms with Gasteiger partial charge in [-0.1, -0.05) is 35.6 Å². The molecule has 4 aromatic rings. The van der Waals surface area contributed by atoms with E-state index in [0.29, 0.717) is 21.9 Å². The molecule has 4 nitrogen and oxygen atoms in total. The zero-order valence-corrected chi connectivity index (χ0v) is 16.9. The van der Waals surface area contributed by atoms with Crippen LogP contribution < -0.4 is 4.90 Å². The van der Waals surface area contributed by atoms with Crippen LogP contribution in [0.4, 0.5) is 15.2 Å². The fraction of sp³-hybridized carbons (Fsp3) is 0.0417. The van der Waals surface area contributed by atoms with Crippen LogP contribution in [0.2, 0.25) is 0 Å². The number of hydrogen-bond acceptors (Lipinski definition) is 4. The third-order valence-corrected chi connectivity index (χ3v) is 5.51. The highest BCUT2D eigenvalue weighted by Gasteiger charge is 2.20. The maximum absolute atomic E-state index is 13.4. The number of rotatable bonds is 5. The number of para-hydroxylation sites is 1. The quantitative estimate of drug-likeness (QED) is 0.295. The molecule has 0 aliphatic heterocycles. The van der Waals surface area contributed by atoms with Crippen LogP contribution in [0.5, 0.6) is 0 Å². The van der Waals surface area contributed by atoms with Crippen LogP contribution in [-0.4, -0.2) is 16.7 Å². The van der Waals surface area contributed by atoms with Gasteiger partial charge in [-0.2, -0.15) is 0 Å². The zero-order valence-electron chi connectivity index (χ0n) is 16.1. The number of benzene rings is 3. The third kappa shape index (κ3) is 4.18. The molecule has 1 heterocycles. The van der Waals surface area contributed by atoms with Crippen molar-refractivity contribution in [2.24, 2.45) is 0 Å². The van der Waals surface area contributed by atoms with Crippen molar-refractivity contribution < 1.29 is 14.0 Å². The Hall–Kier alpha value is -3.64.